The zero-order valence-electron chi connectivity index (χ0n) is 17.6. The molecule has 0 aliphatic heterocycles. The van der Waals surface area contributed by atoms with Crippen molar-refractivity contribution in [3.63, 3.8) is 0 Å². The Labute approximate surface area is 182 Å². The monoisotopic (exact) mass is 435 g/mol. The molecule has 1 aromatic carbocycles. The molecule has 4 aromatic rings. The zero-order valence-corrected chi connectivity index (χ0v) is 17.6. The minimum atomic E-state index is -0.204. The molecular formula is C21H21N7O4. The summed E-state index contributed by atoms with van der Waals surface area (Å²) in [6.45, 7) is 0.354. The third kappa shape index (κ3) is 4.41. The highest BCUT2D eigenvalue weighted by atomic mass is 16.5. The van der Waals surface area contributed by atoms with E-state index in [-0.39, 0.29) is 17.9 Å². The number of aryl methyl sites for hydroxylation is 1. The third-order valence-electron chi connectivity index (χ3n) is 4.82. The van der Waals surface area contributed by atoms with Crippen LogP contribution < -0.4 is 20.3 Å². The Morgan fingerprint density at radius 3 is 2.59 bits per heavy atom. The normalized spacial score (nSPS) is 10.8. The van der Waals surface area contributed by atoms with Gasteiger partial charge in [-0.25, -0.2) is 19.6 Å². The van der Waals surface area contributed by atoms with Crippen LogP contribution in [0.25, 0.3) is 16.7 Å². The molecule has 0 unspecified atom stereocenters. The highest BCUT2D eigenvalue weighted by Gasteiger charge is 2.11. The zero-order chi connectivity index (χ0) is 22.5. The van der Waals surface area contributed by atoms with E-state index in [4.69, 9.17) is 9.47 Å². The molecule has 11 heteroatoms. The molecule has 0 radical (unpaired) electrons. The fraction of sp³-hybridized carbons (Fsp3) is 0.238. The van der Waals surface area contributed by atoms with Gasteiger partial charge in [-0.05, 0) is 24.6 Å². The molecule has 0 aliphatic carbocycles. The molecule has 1 N–H and O–H groups in total. The second kappa shape index (κ2) is 9.25. The Morgan fingerprint density at radius 2 is 1.91 bits per heavy atom. The van der Waals surface area contributed by atoms with Gasteiger partial charge in [0.25, 0.3) is 5.56 Å². The summed E-state index contributed by atoms with van der Waals surface area (Å²) in [6.07, 6.45) is 6.69. The number of hydrogen-bond acceptors (Lipinski definition) is 8. The molecule has 3 aromatic heterocycles. The van der Waals surface area contributed by atoms with Crippen LogP contribution in [0.2, 0.25) is 0 Å². The van der Waals surface area contributed by atoms with Crippen molar-refractivity contribution < 1.29 is 14.3 Å². The van der Waals surface area contributed by atoms with E-state index in [9.17, 15) is 9.59 Å². The molecule has 0 saturated carbocycles. The maximum atomic E-state index is 12.8. The predicted octanol–water partition coefficient (Wildman–Crippen LogP) is 1.81. The highest BCUT2D eigenvalue weighted by molar-refractivity contribution is 5.90. The first-order valence-corrected chi connectivity index (χ1v) is 9.81. The summed E-state index contributed by atoms with van der Waals surface area (Å²) in [6, 6.07) is 6.74. The van der Waals surface area contributed by atoms with Gasteiger partial charge in [-0.1, -0.05) is 0 Å². The van der Waals surface area contributed by atoms with Crippen LogP contribution in [0.4, 0.5) is 5.69 Å². The predicted molar refractivity (Wildman–Crippen MR) is 116 cm³/mol. The molecule has 164 valence electrons. The van der Waals surface area contributed by atoms with Gasteiger partial charge in [0.05, 0.1) is 43.3 Å². The van der Waals surface area contributed by atoms with Crippen LogP contribution in [-0.2, 0) is 11.3 Å². The minimum absolute atomic E-state index is 0.173. The van der Waals surface area contributed by atoms with Crippen LogP contribution in [-0.4, -0.2) is 49.4 Å². The standard InChI is InChI=1S/C21H21N7O4/c1-31-17-8-15-16(9-18(17)32-2)24-13-27(21(15)30)7-3-4-20(29)26-14-5-6-19(23-10-14)28-12-22-11-25-28/h5-6,8-13H,3-4,7H2,1-2H3,(H,26,29). The number of anilines is 1. The number of nitrogens with one attached hydrogen (secondary N) is 1. The number of ether oxygens (including phenoxy) is 2. The van der Waals surface area contributed by atoms with Gasteiger partial charge < -0.3 is 14.8 Å². The summed E-state index contributed by atoms with van der Waals surface area (Å²) < 4.78 is 13.5. The second-order valence-corrected chi connectivity index (χ2v) is 6.86. The lowest BCUT2D eigenvalue weighted by Gasteiger charge is -2.10. The number of fused-ring (bicyclic) bond motifs is 1. The molecule has 11 nitrogen and oxygen atoms in total. The molecule has 0 bridgehead atoms. The highest BCUT2D eigenvalue weighted by Crippen LogP contribution is 2.29. The molecule has 4 rings (SSSR count). The van der Waals surface area contributed by atoms with E-state index >= 15 is 0 Å². The summed E-state index contributed by atoms with van der Waals surface area (Å²) in [7, 11) is 3.03. The van der Waals surface area contributed by atoms with E-state index in [0.717, 1.165) is 0 Å². The number of aromatic nitrogens is 6. The molecule has 0 atom stereocenters. The quantitative estimate of drug-likeness (QED) is 0.444. The van der Waals surface area contributed by atoms with Gasteiger partial charge in [-0.2, -0.15) is 5.10 Å². The van der Waals surface area contributed by atoms with Crippen LogP contribution in [0.1, 0.15) is 12.8 Å². The summed E-state index contributed by atoms with van der Waals surface area (Å²) in [5.41, 5.74) is 0.886. The first-order valence-electron chi connectivity index (χ1n) is 9.81. The lowest BCUT2D eigenvalue weighted by molar-refractivity contribution is -0.116. The van der Waals surface area contributed by atoms with E-state index in [0.29, 0.717) is 46.9 Å². The average molecular weight is 435 g/mol. The largest absolute Gasteiger partial charge is 0.493 e. The van der Waals surface area contributed by atoms with E-state index in [1.54, 1.807) is 30.5 Å². The smallest absolute Gasteiger partial charge is 0.261 e. The van der Waals surface area contributed by atoms with Crippen LogP contribution in [0.5, 0.6) is 11.5 Å². The Hall–Kier alpha value is -4.28. The van der Waals surface area contributed by atoms with Crippen molar-refractivity contribution in [2.24, 2.45) is 0 Å². The molecular weight excluding hydrogens is 414 g/mol. The Kier molecular flexibility index (Phi) is 6.06. The first kappa shape index (κ1) is 21.0. The Balaban J connectivity index is 1.37. The summed E-state index contributed by atoms with van der Waals surface area (Å²) in [5, 5.41) is 7.22. The van der Waals surface area contributed by atoms with Crippen molar-refractivity contribution in [1.82, 2.24) is 29.3 Å². The summed E-state index contributed by atoms with van der Waals surface area (Å²) in [5.74, 6) is 1.39. The molecule has 0 spiro atoms. The van der Waals surface area contributed by atoms with Crippen molar-refractivity contribution in [3.8, 4) is 17.3 Å². The lowest BCUT2D eigenvalue weighted by atomic mass is 10.2. The van der Waals surface area contributed by atoms with Crippen molar-refractivity contribution in [3.05, 3.63) is 59.8 Å². The number of pyridine rings is 1. The Morgan fingerprint density at radius 1 is 1.09 bits per heavy atom. The topological polar surface area (TPSA) is 126 Å². The van der Waals surface area contributed by atoms with Gasteiger partial charge in [-0.15, -0.1) is 0 Å². The SMILES string of the molecule is COc1cc2ncn(CCCC(=O)Nc3ccc(-n4cncn4)nc3)c(=O)c2cc1OC. The van der Waals surface area contributed by atoms with Crippen molar-refractivity contribution in [2.45, 2.75) is 19.4 Å². The number of benzene rings is 1. The molecule has 3 heterocycles. The van der Waals surface area contributed by atoms with Crippen molar-refractivity contribution in [2.75, 3.05) is 19.5 Å². The summed E-state index contributed by atoms with van der Waals surface area (Å²) in [4.78, 5) is 37.5. The average Bonchev–Trinajstić information content (AvgIpc) is 3.35. The van der Waals surface area contributed by atoms with Gasteiger partial charge in [0.15, 0.2) is 17.3 Å². The van der Waals surface area contributed by atoms with E-state index < -0.39 is 0 Å². The molecule has 0 aliphatic rings. The fourth-order valence-electron chi connectivity index (χ4n) is 3.20. The van der Waals surface area contributed by atoms with Gasteiger partial charge in [-0.3, -0.25) is 14.2 Å². The van der Waals surface area contributed by atoms with Crippen LogP contribution in [0, 0.1) is 0 Å². The van der Waals surface area contributed by atoms with Gasteiger partial charge in [0.1, 0.15) is 12.7 Å². The number of rotatable bonds is 8. The van der Waals surface area contributed by atoms with Crippen molar-refractivity contribution >= 4 is 22.5 Å². The summed E-state index contributed by atoms with van der Waals surface area (Å²) >= 11 is 0. The minimum Gasteiger partial charge on any atom is -0.493 e. The van der Waals surface area contributed by atoms with Crippen molar-refractivity contribution in [1.29, 1.82) is 0 Å². The van der Waals surface area contributed by atoms with Gasteiger partial charge in [0.2, 0.25) is 5.91 Å². The number of methoxy groups -OCH3 is 2. The maximum absolute atomic E-state index is 12.8. The fourth-order valence-corrected chi connectivity index (χ4v) is 3.20. The van der Waals surface area contributed by atoms with E-state index in [2.05, 4.69) is 25.4 Å². The molecule has 0 saturated heterocycles. The van der Waals surface area contributed by atoms with Gasteiger partial charge >= 0.3 is 0 Å². The van der Waals surface area contributed by atoms with Crippen LogP contribution >= 0.6 is 0 Å². The molecule has 0 fully saturated rings. The second-order valence-electron chi connectivity index (χ2n) is 6.86. The number of nitrogens with zero attached hydrogens (tertiary/aromatic N) is 6. The lowest BCUT2D eigenvalue weighted by Crippen LogP contribution is -2.22. The van der Waals surface area contributed by atoms with E-state index in [1.165, 1.54) is 42.5 Å². The number of hydrogen-bond donors (Lipinski definition) is 1. The number of carbonyl (C=O) groups is 1. The van der Waals surface area contributed by atoms with Crippen LogP contribution in [0.3, 0.4) is 0 Å². The van der Waals surface area contributed by atoms with Gasteiger partial charge in [0, 0.05) is 19.0 Å². The third-order valence-corrected chi connectivity index (χ3v) is 4.82. The molecule has 32 heavy (non-hydrogen) atoms. The number of carbonyl (C=O) groups excluding carboxylic acids is 1. The Bertz CT molecular complexity index is 1280. The van der Waals surface area contributed by atoms with E-state index in [1.807, 2.05) is 0 Å². The number of amides is 1. The molecule has 1 amide bonds. The maximum Gasteiger partial charge on any atom is 0.261 e. The first-order chi connectivity index (χ1) is 15.6. The van der Waals surface area contributed by atoms with Crippen LogP contribution in [0.15, 0.2) is 54.2 Å².